The normalized spacial score (nSPS) is 27.3. The predicted molar refractivity (Wildman–Crippen MR) is 83.6 cm³/mol. The van der Waals surface area contributed by atoms with E-state index in [2.05, 4.69) is 23.5 Å². The highest BCUT2D eigenvalue weighted by Crippen LogP contribution is 2.60. The Labute approximate surface area is 130 Å². The van der Waals surface area contributed by atoms with Crippen LogP contribution in [0.5, 0.6) is 0 Å². The lowest BCUT2D eigenvalue weighted by atomic mass is 9.78. The second-order valence-corrected chi connectivity index (χ2v) is 6.99. The Morgan fingerprint density at radius 3 is 2.73 bits per heavy atom. The molecule has 22 heavy (non-hydrogen) atoms. The maximum atomic E-state index is 12.5. The fourth-order valence-electron chi connectivity index (χ4n) is 3.94. The maximum absolute atomic E-state index is 12.5. The molecule has 0 bridgehead atoms. The zero-order valence-electron chi connectivity index (χ0n) is 13.1. The fraction of sp³-hybridized carbons (Fsp3) is 0.556. The summed E-state index contributed by atoms with van der Waals surface area (Å²) in [6.45, 7) is 3.63. The van der Waals surface area contributed by atoms with E-state index in [0.717, 1.165) is 25.7 Å². The Bertz CT molecular complexity index is 610. The summed E-state index contributed by atoms with van der Waals surface area (Å²) in [5, 5.41) is 12.0. The summed E-state index contributed by atoms with van der Waals surface area (Å²) in [5.74, 6) is -1.25. The fourth-order valence-corrected chi connectivity index (χ4v) is 3.94. The zero-order valence-corrected chi connectivity index (χ0v) is 13.1. The molecule has 0 saturated heterocycles. The van der Waals surface area contributed by atoms with Gasteiger partial charge in [-0.1, -0.05) is 38.1 Å². The standard InChI is InChI=1S/C18H23NO3/c1-11(2)15(17(21)22)19-16(20)14-10-18(14)9-5-7-12-6-3-4-8-13(12)18/h3-4,6,8,11,14-15H,5,7,9-10H2,1-2H3,(H,19,20)(H,21,22)/t14?,15-,18?/m1/s1. The third-order valence-electron chi connectivity index (χ3n) is 5.25. The van der Waals surface area contributed by atoms with Gasteiger partial charge in [0, 0.05) is 11.3 Å². The molecule has 3 rings (SSSR count). The second kappa shape index (κ2) is 5.41. The molecule has 0 heterocycles. The number of benzene rings is 1. The molecule has 0 aliphatic heterocycles. The molecular formula is C18H23NO3. The van der Waals surface area contributed by atoms with Gasteiger partial charge in [0.05, 0.1) is 0 Å². The highest BCUT2D eigenvalue weighted by atomic mass is 16.4. The monoisotopic (exact) mass is 301 g/mol. The number of carbonyl (C=O) groups excluding carboxylic acids is 1. The number of hydrogen-bond acceptors (Lipinski definition) is 2. The van der Waals surface area contributed by atoms with E-state index in [4.69, 9.17) is 0 Å². The Balaban J connectivity index is 1.77. The summed E-state index contributed by atoms with van der Waals surface area (Å²) in [6.07, 6.45) is 4.06. The summed E-state index contributed by atoms with van der Waals surface area (Å²) >= 11 is 0. The first-order valence-corrected chi connectivity index (χ1v) is 8.07. The molecule has 1 aromatic carbocycles. The molecule has 4 heteroatoms. The number of fused-ring (bicyclic) bond motifs is 2. The van der Waals surface area contributed by atoms with Gasteiger partial charge in [-0.15, -0.1) is 0 Å². The minimum absolute atomic E-state index is 0.0427. The molecular weight excluding hydrogens is 278 g/mol. The van der Waals surface area contributed by atoms with Gasteiger partial charge >= 0.3 is 5.97 Å². The number of amides is 1. The van der Waals surface area contributed by atoms with E-state index >= 15 is 0 Å². The summed E-state index contributed by atoms with van der Waals surface area (Å²) in [6, 6.07) is 7.57. The van der Waals surface area contributed by atoms with Crippen LogP contribution in [0.15, 0.2) is 24.3 Å². The first-order valence-electron chi connectivity index (χ1n) is 8.07. The molecule has 4 nitrogen and oxygen atoms in total. The number of rotatable bonds is 4. The van der Waals surface area contributed by atoms with Crippen LogP contribution in [0.4, 0.5) is 0 Å². The van der Waals surface area contributed by atoms with Gasteiger partial charge in [0.15, 0.2) is 0 Å². The van der Waals surface area contributed by atoms with E-state index in [1.807, 2.05) is 19.9 Å². The number of nitrogens with one attached hydrogen (secondary N) is 1. The average molecular weight is 301 g/mol. The largest absolute Gasteiger partial charge is 0.480 e. The van der Waals surface area contributed by atoms with Gasteiger partial charge in [0.25, 0.3) is 0 Å². The zero-order chi connectivity index (χ0) is 15.9. The lowest BCUT2D eigenvalue weighted by molar-refractivity contribution is -0.143. The summed E-state index contributed by atoms with van der Waals surface area (Å²) in [4.78, 5) is 23.8. The molecule has 2 N–H and O–H groups in total. The molecule has 2 aliphatic carbocycles. The highest BCUT2D eigenvalue weighted by Gasteiger charge is 2.60. The van der Waals surface area contributed by atoms with Crippen LogP contribution in [0.25, 0.3) is 0 Å². The van der Waals surface area contributed by atoms with Crippen LogP contribution in [0, 0.1) is 11.8 Å². The topological polar surface area (TPSA) is 66.4 Å². The van der Waals surface area contributed by atoms with Gasteiger partial charge in [0.1, 0.15) is 6.04 Å². The van der Waals surface area contributed by atoms with E-state index in [-0.39, 0.29) is 23.2 Å². The van der Waals surface area contributed by atoms with Gasteiger partial charge in [-0.05, 0) is 42.7 Å². The van der Waals surface area contributed by atoms with Crippen molar-refractivity contribution >= 4 is 11.9 Å². The van der Waals surface area contributed by atoms with Crippen LogP contribution in [0.1, 0.15) is 44.2 Å². The predicted octanol–water partition coefficient (Wildman–Crippen LogP) is 2.51. The SMILES string of the molecule is CC(C)[C@@H](NC(=O)C1CC12CCCc1ccccc12)C(=O)O. The molecule has 1 aromatic rings. The number of carbonyl (C=O) groups is 2. The minimum atomic E-state index is -0.956. The highest BCUT2D eigenvalue weighted by molar-refractivity contribution is 5.88. The smallest absolute Gasteiger partial charge is 0.326 e. The van der Waals surface area contributed by atoms with Crippen molar-refractivity contribution in [2.75, 3.05) is 0 Å². The first-order chi connectivity index (χ1) is 10.5. The lowest BCUT2D eigenvalue weighted by Crippen LogP contribution is -2.45. The Hall–Kier alpha value is -1.84. The summed E-state index contributed by atoms with van der Waals surface area (Å²) in [7, 11) is 0. The van der Waals surface area contributed by atoms with Crippen molar-refractivity contribution in [3.63, 3.8) is 0 Å². The number of carboxylic acid groups (broad SMARTS) is 1. The van der Waals surface area contributed by atoms with Crippen molar-refractivity contribution in [3.05, 3.63) is 35.4 Å². The van der Waals surface area contributed by atoms with Gasteiger partial charge in [-0.3, -0.25) is 4.79 Å². The molecule has 0 radical (unpaired) electrons. The molecule has 1 spiro atoms. The van der Waals surface area contributed by atoms with Crippen molar-refractivity contribution in [2.45, 2.75) is 51.0 Å². The average Bonchev–Trinajstić information content (AvgIpc) is 3.19. The van der Waals surface area contributed by atoms with E-state index in [9.17, 15) is 14.7 Å². The Morgan fingerprint density at radius 2 is 2.05 bits per heavy atom. The van der Waals surface area contributed by atoms with E-state index in [0.29, 0.717) is 0 Å². The van der Waals surface area contributed by atoms with Crippen molar-refractivity contribution in [3.8, 4) is 0 Å². The van der Waals surface area contributed by atoms with Gasteiger partial charge in [0.2, 0.25) is 5.91 Å². The van der Waals surface area contributed by atoms with Crippen molar-refractivity contribution in [1.82, 2.24) is 5.32 Å². The Kier molecular flexibility index (Phi) is 3.71. The molecule has 118 valence electrons. The minimum Gasteiger partial charge on any atom is -0.480 e. The van der Waals surface area contributed by atoms with Crippen LogP contribution >= 0.6 is 0 Å². The molecule has 2 aliphatic rings. The van der Waals surface area contributed by atoms with E-state index in [1.165, 1.54) is 11.1 Å². The van der Waals surface area contributed by atoms with Gasteiger partial charge in [-0.25, -0.2) is 4.79 Å². The molecule has 1 amide bonds. The van der Waals surface area contributed by atoms with Gasteiger partial charge < -0.3 is 10.4 Å². The van der Waals surface area contributed by atoms with Crippen LogP contribution in [0.3, 0.4) is 0 Å². The van der Waals surface area contributed by atoms with E-state index < -0.39 is 12.0 Å². The molecule has 1 saturated carbocycles. The third-order valence-corrected chi connectivity index (χ3v) is 5.25. The van der Waals surface area contributed by atoms with Crippen molar-refractivity contribution < 1.29 is 14.7 Å². The van der Waals surface area contributed by atoms with E-state index in [1.54, 1.807) is 0 Å². The number of aryl methyl sites for hydroxylation is 1. The van der Waals surface area contributed by atoms with Crippen molar-refractivity contribution in [1.29, 1.82) is 0 Å². The van der Waals surface area contributed by atoms with Crippen LogP contribution in [-0.4, -0.2) is 23.0 Å². The van der Waals surface area contributed by atoms with Crippen molar-refractivity contribution in [2.24, 2.45) is 11.8 Å². The third kappa shape index (κ3) is 2.40. The first kappa shape index (κ1) is 15.1. The quantitative estimate of drug-likeness (QED) is 0.898. The number of aliphatic carboxylic acids is 1. The number of carboxylic acids is 1. The van der Waals surface area contributed by atoms with Crippen LogP contribution < -0.4 is 5.32 Å². The Morgan fingerprint density at radius 1 is 1.32 bits per heavy atom. The number of hydrogen-bond donors (Lipinski definition) is 2. The lowest BCUT2D eigenvalue weighted by Gasteiger charge is -2.27. The second-order valence-electron chi connectivity index (χ2n) is 6.99. The summed E-state index contributed by atoms with van der Waals surface area (Å²) in [5.41, 5.74) is 2.61. The molecule has 2 unspecified atom stereocenters. The van der Waals surface area contributed by atoms with Crippen LogP contribution in [-0.2, 0) is 21.4 Å². The maximum Gasteiger partial charge on any atom is 0.326 e. The molecule has 0 aromatic heterocycles. The van der Waals surface area contributed by atoms with Gasteiger partial charge in [-0.2, -0.15) is 0 Å². The van der Waals surface area contributed by atoms with Crippen LogP contribution in [0.2, 0.25) is 0 Å². The molecule has 3 atom stereocenters. The summed E-state index contributed by atoms with van der Waals surface area (Å²) < 4.78 is 0. The molecule has 1 fully saturated rings.